The van der Waals surface area contributed by atoms with Crippen molar-refractivity contribution in [1.29, 1.82) is 0 Å². The van der Waals surface area contributed by atoms with Crippen LogP contribution in [0.25, 0.3) is 17.1 Å². The number of aromatic nitrogens is 3. The summed E-state index contributed by atoms with van der Waals surface area (Å²) in [7, 11) is 0. The van der Waals surface area contributed by atoms with Crippen LogP contribution in [-0.2, 0) is 17.9 Å². The lowest BCUT2D eigenvalue weighted by atomic mass is 10.2. The Kier molecular flexibility index (Phi) is 6.74. The Morgan fingerprint density at radius 3 is 2.44 bits per heavy atom. The molecule has 0 aliphatic carbocycles. The summed E-state index contributed by atoms with van der Waals surface area (Å²) in [6.07, 6.45) is 0. The fourth-order valence-corrected chi connectivity index (χ4v) is 4.06. The van der Waals surface area contributed by atoms with Crippen LogP contribution >= 0.6 is 35.4 Å². The van der Waals surface area contributed by atoms with E-state index in [1.165, 1.54) is 4.68 Å². The summed E-state index contributed by atoms with van der Waals surface area (Å²) in [6.45, 7) is 2.44. The average molecular weight is 483 g/mol. The molecule has 0 saturated carbocycles. The van der Waals surface area contributed by atoms with E-state index in [0.717, 1.165) is 16.8 Å². The van der Waals surface area contributed by atoms with Crippen molar-refractivity contribution in [2.24, 2.45) is 0 Å². The molecule has 1 N–H and O–H groups in total. The van der Waals surface area contributed by atoms with Crippen LogP contribution in [0, 0.1) is 11.7 Å². The third kappa shape index (κ3) is 4.93. The van der Waals surface area contributed by atoms with Crippen LogP contribution in [-0.4, -0.2) is 20.3 Å². The molecule has 4 rings (SSSR count). The number of nitrogens with zero attached hydrogens (tertiary/aromatic N) is 3. The van der Waals surface area contributed by atoms with Crippen LogP contribution in [0.4, 0.5) is 0 Å². The second-order valence-corrected chi connectivity index (χ2v) is 8.53. The van der Waals surface area contributed by atoms with Crippen molar-refractivity contribution in [2.45, 2.75) is 20.0 Å². The SMILES string of the molecule is Cc1ccc(-n2c(-c3ccc(Cl)cc3Cl)nn(CC(=O)NCc3ccccc3)c2=S)cc1. The van der Waals surface area contributed by atoms with Crippen LogP contribution in [0.3, 0.4) is 0 Å². The summed E-state index contributed by atoms with van der Waals surface area (Å²) in [5.74, 6) is 0.351. The van der Waals surface area contributed by atoms with Gasteiger partial charge in [0.25, 0.3) is 0 Å². The first-order valence-corrected chi connectivity index (χ1v) is 11.1. The predicted molar refractivity (Wildman–Crippen MR) is 131 cm³/mol. The van der Waals surface area contributed by atoms with E-state index >= 15 is 0 Å². The highest BCUT2D eigenvalue weighted by molar-refractivity contribution is 7.71. The number of halogens is 2. The van der Waals surface area contributed by atoms with E-state index in [0.29, 0.717) is 32.7 Å². The molecule has 0 aliphatic heterocycles. The molecule has 5 nitrogen and oxygen atoms in total. The third-order valence-corrected chi connectivity index (χ3v) is 5.87. The van der Waals surface area contributed by atoms with E-state index in [1.54, 1.807) is 18.2 Å². The smallest absolute Gasteiger partial charge is 0.242 e. The molecule has 1 aromatic heterocycles. The summed E-state index contributed by atoms with van der Waals surface area (Å²) < 4.78 is 3.72. The van der Waals surface area contributed by atoms with Crippen molar-refractivity contribution in [3.05, 3.63) is 98.7 Å². The lowest BCUT2D eigenvalue weighted by Gasteiger charge is -2.09. The van der Waals surface area contributed by atoms with Crippen LogP contribution in [0.1, 0.15) is 11.1 Å². The maximum absolute atomic E-state index is 12.6. The van der Waals surface area contributed by atoms with Gasteiger partial charge in [0.05, 0.1) is 5.02 Å². The van der Waals surface area contributed by atoms with Gasteiger partial charge in [-0.1, -0.05) is 71.2 Å². The van der Waals surface area contributed by atoms with Crippen molar-refractivity contribution in [1.82, 2.24) is 19.7 Å². The second-order valence-electron chi connectivity index (χ2n) is 7.32. The Morgan fingerprint density at radius 1 is 1.03 bits per heavy atom. The molecule has 1 heterocycles. The zero-order valence-electron chi connectivity index (χ0n) is 17.3. The van der Waals surface area contributed by atoms with Crippen molar-refractivity contribution < 1.29 is 4.79 Å². The first-order valence-electron chi connectivity index (χ1n) is 9.95. The summed E-state index contributed by atoms with van der Waals surface area (Å²) in [6, 6.07) is 22.8. The van der Waals surface area contributed by atoms with Gasteiger partial charge in [-0.2, -0.15) is 5.10 Å². The molecular formula is C24H20Cl2N4OS. The number of aryl methyl sites for hydroxylation is 1. The number of carbonyl (C=O) groups is 1. The highest BCUT2D eigenvalue weighted by atomic mass is 35.5. The summed E-state index contributed by atoms with van der Waals surface area (Å²) in [4.78, 5) is 12.6. The zero-order valence-corrected chi connectivity index (χ0v) is 19.6. The molecule has 0 radical (unpaired) electrons. The molecule has 3 aromatic carbocycles. The minimum Gasteiger partial charge on any atom is -0.350 e. The Morgan fingerprint density at radius 2 is 1.75 bits per heavy atom. The molecule has 1 amide bonds. The van der Waals surface area contributed by atoms with Gasteiger partial charge in [0.1, 0.15) is 6.54 Å². The molecule has 0 spiro atoms. The molecule has 4 aromatic rings. The van der Waals surface area contributed by atoms with Gasteiger partial charge in [0, 0.05) is 22.8 Å². The molecule has 0 saturated heterocycles. The van der Waals surface area contributed by atoms with Gasteiger partial charge in [-0.05, 0) is 55.0 Å². The normalized spacial score (nSPS) is 10.8. The molecule has 0 bridgehead atoms. The summed E-state index contributed by atoms with van der Waals surface area (Å²) in [5.41, 5.74) is 3.64. The van der Waals surface area contributed by atoms with Gasteiger partial charge >= 0.3 is 0 Å². The summed E-state index contributed by atoms with van der Waals surface area (Å²) in [5, 5.41) is 8.54. The lowest BCUT2D eigenvalue weighted by molar-refractivity contribution is -0.122. The van der Waals surface area contributed by atoms with Crippen molar-refractivity contribution in [3.63, 3.8) is 0 Å². The Labute approximate surface area is 201 Å². The fourth-order valence-electron chi connectivity index (χ4n) is 3.27. The Hall–Kier alpha value is -2.93. The second kappa shape index (κ2) is 9.69. The fraction of sp³-hybridized carbons (Fsp3) is 0.125. The standard InChI is InChI=1S/C24H20Cl2N4OS/c1-16-7-10-19(11-8-16)30-23(20-12-9-18(25)13-21(20)26)28-29(24(30)32)15-22(31)27-14-17-5-3-2-4-6-17/h2-13H,14-15H2,1H3,(H,27,31). The minimum absolute atomic E-state index is 0.0112. The quantitative estimate of drug-likeness (QED) is 0.342. The first kappa shape index (κ1) is 22.3. The minimum atomic E-state index is -0.188. The molecule has 32 heavy (non-hydrogen) atoms. The summed E-state index contributed by atoms with van der Waals surface area (Å²) >= 11 is 18.3. The Balaban J connectivity index is 1.70. The highest BCUT2D eigenvalue weighted by Crippen LogP contribution is 2.31. The van der Waals surface area contributed by atoms with E-state index in [-0.39, 0.29) is 12.5 Å². The van der Waals surface area contributed by atoms with E-state index in [4.69, 9.17) is 35.4 Å². The first-order chi connectivity index (χ1) is 15.4. The van der Waals surface area contributed by atoms with Crippen LogP contribution in [0.5, 0.6) is 0 Å². The number of amides is 1. The predicted octanol–water partition coefficient (Wildman–Crippen LogP) is 6.00. The number of rotatable bonds is 6. The van der Waals surface area contributed by atoms with E-state index in [1.807, 2.05) is 66.1 Å². The molecule has 0 unspecified atom stereocenters. The van der Waals surface area contributed by atoms with E-state index in [9.17, 15) is 4.79 Å². The topological polar surface area (TPSA) is 51.9 Å². The molecule has 162 valence electrons. The van der Waals surface area contributed by atoms with Crippen molar-refractivity contribution in [2.75, 3.05) is 0 Å². The number of hydrogen-bond acceptors (Lipinski definition) is 3. The third-order valence-electron chi connectivity index (χ3n) is 4.93. The van der Waals surface area contributed by atoms with Crippen molar-refractivity contribution in [3.8, 4) is 17.1 Å². The maximum atomic E-state index is 12.6. The van der Waals surface area contributed by atoms with Crippen LogP contribution in [0.15, 0.2) is 72.8 Å². The number of nitrogens with one attached hydrogen (secondary N) is 1. The van der Waals surface area contributed by atoms with Crippen LogP contribution in [0.2, 0.25) is 10.0 Å². The number of benzene rings is 3. The highest BCUT2D eigenvalue weighted by Gasteiger charge is 2.18. The molecule has 8 heteroatoms. The van der Waals surface area contributed by atoms with Gasteiger partial charge in [-0.25, -0.2) is 4.68 Å². The van der Waals surface area contributed by atoms with Crippen LogP contribution < -0.4 is 5.32 Å². The molecular weight excluding hydrogens is 463 g/mol. The van der Waals surface area contributed by atoms with E-state index < -0.39 is 0 Å². The lowest BCUT2D eigenvalue weighted by Crippen LogP contribution is -2.27. The molecule has 0 fully saturated rings. The van der Waals surface area contributed by atoms with Gasteiger partial charge in [0.2, 0.25) is 10.7 Å². The zero-order chi connectivity index (χ0) is 22.7. The number of carbonyl (C=O) groups excluding carboxylic acids is 1. The van der Waals surface area contributed by atoms with E-state index in [2.05, 4.69) is 10.4 Å². The maximum Gasteiger partial charge on any atom is 0.242 e. The monoisotopic (exact) mass is 482 g/mol. The number of hydrogen-bond donors (Lipinski definition) is 1. The molecule has 0 aliphatic rings. The Bertz CT molecular complexity index is 1310. The van der Waals surface area contributed by atoms with Gasteiger partial charge in [-0.3, -0.25) is 9.36 Å². The van der Waals surface area contributed by atoms with Gasteiger partial charge in [-0.15, -0.1) is 0 Å². The van der Waals surface area contributed by atoms with Gasteiger partial charge < -0.3 is 5.32 Å². The van der Waals surface area contributed by atoms with Gasteiger partial charge in [0.15, 0.2) is 5.82 Å². The average Bonchev–Trinajstić information content (AvgIpc) is 3.09. The largest absolute Gasteiger partial charge is 0.350 e. The van der Waals surface area contributed by atoms with Crippen molar-refractivity contribution >= 4 is 41.3 Å². The molecule has 0 atom stereocenters.